The van der Waals surface area contributed by atoms with Crippen LogP contribution in [-0.4, -0.2) is 17.6 Å². The summed E-state index contributed by atoms with van der Waals surface area (Å²) in [4.78, 5) is 12.5. The fraction of sp³-hybridized carbons (Fsp3) is 0.190. The van der Waals surface area contributed by atoms with Gasteiger partial charge in [-0.15, -0.1) is 0 Å². The standard InChI is InChI=1S/C21H22N2O2/c1-16-5-10-19(13-20(16)23-11-3-4-12-23)21(24)22-14-17-6-8-18(9-7-17)15-25-2/h3-13H,14-15H2,1-2H3,(H,22,24). The summed E-state index contributed by atoms with van der Waals surface area (Å²) in [6.45, 7) is 3.13. The molecule has 4 heteroatoms. The van der Waals surface area contributed by atoms with Gasteiger partial charge in [-0.25, -0.2) is 0 Å². The van der Waals surface area contributed by atoms with Crippen LogP contribution in [0.25, 0.3) is 5.69 Å². The molecule has 1 amide bonds. The third-order valence-electron chi connectivity index (χ3n) is 4.14. The van der Waals surface area contributed by atoms with Crippen LogP contribution >= 0.6 is 0 Å². The number of amides is 1. The van der Waals surface area contributed by atoms with Crippen LogP contribution in [0.1, 0.15) is 27.0 Å². The number of methoxy groups -OCH3 is 1. The molecule has 0 aliphatic carbocycles. The number of aryl methyl sites for hydroxylation is 1. The lowest BCUT2D eigenvalue weighted by molar-refractivity contribution is 0.0951. The zero-order valence-corrected chi connectivity index (χ0v) is 14.5. The molecule has 4 nitrogen and oxygen atoms in total. The first-order valence-corrected chi connectivity index (χ1v) is 8.26. The topological polar surface area (TPSA) is 43.3 Å². The summed E-state index contributed by atoms with van der Waals surface area (Å²) in [5.41, 5.74) is 4.98. The molecule has 0 spiro atoms. The second kappa shape index (κ2) is 7.81. The third-order valence-corrected chi connectivity index (χ3v) is 4.14. The van der Waals surface area contributed by atoms with Crippen molar-refractivity contribution in [3.63, 3.8) is 0 Å². The van der Waals surface area contributed by atoms with E-state index in [1.165, 1.54) is 0 Å². The van der Waals surface area contributed by atoms with E-state index in [1.807, 2.05) is 78.5 Å². The van der Waals surface area contributed by atoms with E-state index in [0.29, 0.717) is 18.7 Å². The maximum atomic E-state index is 12.5. The number of nitrogens with zero attached hydrogens (tertiary/aromatic N) is 1. The highest BCUT2D eigenvalue weighted by atomic mass is 16.5. The van der Waals surface area contributed by atoms with Crippen LogP contribution in [0.3, 0.4) is 0 Å². The molecule has 25 heavy (non-hydrogen) atoms. The molecule has 0 atom stereocenters. The Bertz CT molecular complexity index is 837. The number of ether oxygens (including phenoxy) is 1. The van der Waals surface area contributed by atoms with Crippen LogP contribution in [0.4, 0.5) is 0 Å². The van der Waals surface area contributed by atoms with Crippen molar-refractivity contribution in [3.05, 3.63) is 89.2 Å². The Morgan fingerprint density at radius 2 is 1.72 bits per heavy atom. The molecule has 0 saturated heterocycles. The first-order valence-electron chi connectivity index (χ1n) is 8.26. The minimum absolute atomic E-state index is 0.0747. The van der Waals surface area contributed by atoms with Crippen molar-refractivity contribution >= 4 is 5.91 Å². The number of hydrogen-bond acceptors (Lipinski definition) is 2. The second-order valence-corrected chi connectivity index (χ2v) is 6.02. The predicted molar refractivity (Wildman–Crippen MR) is 98.8 cm³/mol. The summed E-state index contributed by atoms with van der Waals surface area (Å²) in [7, 11) is 1.68. The van der Waals surface area contributed by atoms with Crippen molar-refractivity contribution in [2.24, 2.45) is 0 Å². The summed E-state index contributed by atoms with van der Waals surface area (Å²) >= 11 is 0. The summed E-state index contributed by atoms with van der Waals surface area (Å²) in [6.07, 6.45) is 3.96. The van der Waals surface area contributed by atoms with E-state index in [4.69, 9.17) is 4.74 Å². The van der Waals surface area contributed by atoms with E-state index >= 15 is 0 Å². The first kappa shape index (κ1) is 17.0. The molecule has 128 valence electrons. The lowest BCUT2D eigenvalue weighted by Gasteiger charge is -2.11. The van der Waals surface area contributed by atoms with E-state index in [9.17, 15) is 4.79 Å². The van der Waals surface area contributed by atoms with Crippen molar-refractivity contribution in [2.75, 3.05) is 7.11 Å². The number of hydrogen-bond donors (Lipinski definition) is 1. The zero-order chi connectivity index (χ0) is 17.6. The maximum absolute atomic E-state index is 12.5. The summed E-state index contributed by atoms with van der Waals surface area (Å²) in [6, 6.07) is 17.8. The Morgan fingerprint density at radius 3 is 2.40 bits per heavy atom. The molecule has 3 rings (SSSR count). The van der Waals surface area contributed by atoms with Gasteiger partial charge in [0.05, 0.1) is 6.61 Å². The Labute approximate surface area is 148 Å². The molecule has 0 saturated carbocycles. The van der Waals surface area contributed by atoms with Gasteiger partial charge in [0.1, 0.15) is 0 Å². The van der Waals surface area contributed by atoms with Crippen LogP contribution in [-0.2, 0) is 17.9 Å². The van der Waals surface area contributed by atoms with Gasteiger partial charge in [0.2, 0.25) is 0 Å². The molecular formula is C21H22N2O2. The van der Waals surface area contributed by atoms with Crippen molar-refractivity contribution in [2.45, 2.75) is 20.1 Å². The molecule has 0 aliphatic heterocycles. The van der Waals surface area contributed by atoms with Crippen molar-refractivity contribution in [3.8, 4) is 5.69 Å². The Hall–Kier alpha value is -2.85. The Kier molecular flexibility index (Phi) is 5.31. The fourth-order valence-electron chi connectivity index (χ4n) is 2.73. The summed E-state index contributed by atoms with van der Waals surface area (Å²) in [5.74, 6) is -0.0747. The lowest BCUT2D eigenvalue weighted by Crippen LogP contribution is -2.23. The molecule has 1 N–H and O–H groups in total. The molecule has 3 aromatic rings. The molecule has 1 heterocycles. The number of benzene rings is 2. The van der Waals surface area contributed by atoms with E-state index in [0.717, 1.165) is 22.4 Å². The Morgan fingerprint density at radius 1 is 1.04 bits per heavy atom. The number of carbonyl (C=O) groups is 1. The average molecular weight is 334 g/mol. The minimum atomic E-state index is -0.0747. The van der Waals surface area contributed by atoms with Gasteiger partial charge < -0.3 is 14.6 Å². The molecule has 0 radical (unpaired) electrons. The number of aromatic nitrogens is 1. The van der Waals surface area contributed by atoms with E-state index in [2.05, 4.69) is 5.32 Å². The van der Waals surface area contributed by atoms with Gasteiger partial charge in [-0.1, -0.05) is 30.3 Å². The van der Waals surface area contributed by atoms with E-state index in [-0.39, 0.29) is 5.91 Å². The van der Waals surface area contributed by atoms with Crippen LogP contribution in [0.5, 0.6) is 0 Å². The van der Waals surface area contributed by atoms with Crippen molar-refractivity contribution in [1.29, 1.82) is 0 Å². The molecule has 0 bridgehead atoms. The highest BCUT2D eigenvalue weighted by Crippen LogP contribution is 2.16. The smallest absolute Gasteiger partial charge is 0.251 e. The van der Waals surface area contributed by atoms with E-state index in [1.54, 1.807) is 7.11 Å². The minimum Gasteiger partial charge on any atom is -0.380 e. The number of rotatable bonds is 6. The monoisotopic (exact) mass is 334 g/mol. The van der Waals surface area contributed by atoms with Crippen LogP contribution in [0.15, 0.2) is 67.0 Å². The number of nitrogens with one attached hydrogen (secondary N) is 1. The van der Waals surface area contributed by atoms with Crippen molar-refractivity contribution in [1.82, 2.24) is 9.88 Å². The van der Waals surface area contributed by atoms with Gasteiger partial charge in [0.15, 0.2) is 0 Å². The summed E-state index contributed by atoms with van der Waals surface area (Å²) < 4.78 is 7.12. The van der Waals surface area contributed by atoms with Gasteiger partial charge >= 0.3 is 0 Å². The zero-order valence-electron chi connectivity index (χ0n) is 14.5. The average Bonchev–Trinajstić information content (AvgIpc) is 3.16. The molecule has 2 aromatic carbocycles. The van der Waals surface area contributed by atoms with Gasteiger partial charge in [-0.2, -0.15) is 0 Å². The van der Waals surface area contributed by atoms with Crippen LogP contribution in [0.2, 0.25) is 0 Å². The normalized spacial score (nSPS) is 10.6. The summed E-state index contributed by atoms with van der Waals surface area (Å²) in [5, 5.41) is 2.98. The van der Waals surface area contributed by atoms with Crippen LogP contribution in [0, 0.1) is 6.92 Å². The first-order chi connectivity index (χ1) is 12.2. The van der Waals surface area contributed by atoms with Gasteiger partial charge in [0, 0.05) is 37.3 Å². The molecule has 1 aromatic heterocycles. The lowest BCUT2D eigenvalue weighted by atomic mass is 10.1. The quantitative estimate of drug-likeness (QED) is 0.744. The van der Waals surface area contributed by atoms with E-state index < -0.39 is 0 Å². The fourth-order valence-corrected chi connectivity index (χ4v) is 2.73. The maximum Gasteiger partial charge on any atom is 0.251 e. The van der Waals surface area contributed by atoms with Gasteiger partial charge in [0.25, 0.3) is 5.91 Å². The third kappa shape index (κ3) is 4.17. The molecule has 0 aliphatic rings. The highest BCUT2D eigenvalue weighted by molar-refractivity contribution is 5.94. The highest BCUT2D eigenvalue weighted by Gasteiger charge is 2.09. The number of carbonyl (C=O) groups excluding carboxylic acids is 1. The predicted octanol–water partition coefficient (Wildman–Crippen LogP) is 3.86. The Balaban J connectivity index is 1.68. The SMILES string of the molecule is COCc1ccc(CNC(=O)c2ccc(C)c(-n3cccc3)c2)cc1. The van der Waals surface area contributed by atoms with Gasteiger partial charge in [-0.05, 0) is 47.9 Å². The van der Waals surface area contributed by atoms with Crippen molar-refractivity contribution < 1.29 is 9.53 Å². The second-order valence-electron chi connectivity index (χ2n) is 6.02. The largest absolute Gasteiger partial charge is 0.380 e. The molecule has 0 fully saturated rings. The molecule has 0 unspecified atom stereocenters. The van der Waals surface area contributed by atoms with Gasteiger partial charge in [-0.3, -0.25) is 4.79 Å². The van der Waals surface area contributed by atoms with Crippen LogP contribution < -0.4 is 5.32 Å². The molecular weight excluding hydrogens is 312 g/mol.